The molecule has 0 aliphatic carbocycles. The summed E-state index contributed by atoms with van der Waals surface area (Å²) in [4.78, 5) is 34.3. The fourth-order valence-corrected chi connectivity index (χ4v) is 6.16. The van der Waals surface area contributed by atoms with Crippen molar-refractivity contribution in [1.29, 1.82) is 0 Å². The lowest BCUT2D eigenvalue weighted by atomic mass is 10.2. The molecule has 0 fully saturated rings. The Balaban J connectivity index is 1.41. The third kappa shape index (κ3) is 3.22. The second-order valence-electron chi connectivity index (χ2n) is 10.6. The average molecular weight is 561 g/mol. The van der Waals surface area contributed by atoms with Crippen LogP contribution in [-0.2, 0) is 0 Å². The Bertz CT molecular complexity index is 2550. The Morgan fingerprint density at radius 1 is 0.395 bits per heavy atom. The van der Waals surface area contributed by atoms with E-state index in [0.717, 1.165) is 43.1 Å². The zero-order valence-corrected chi connectivity index (χ0v) is 22.4. The molecule has 0 spiro atoms. The van der Waals surface area contributed by atoms with Gasteiger partial charge in [0.25, 0.3) is 0 Å². The first kappa shape index (κ1) is 22.5. The predicted octanol–water partition coefficient (Wildman–Crippen LogP) is 5.46. The molecule has 0 saturated carbocycles. The first-order chi connectivity index (χ1) is 21.3. The molecule has 4 aromatic heterocycles. The highest BCUT2D eigenvalue weighted by Crippen LogP contribution is 2.37. The Hall–Kier alpha value is -6.16. The van der Waals surface area contributed by atoms with E-state index in [4.69, 9.17) is 29.4 Å². The molecule has 4 N–H and O–H groups in total. The second-order valence-corrected chi connectivity index (χ2v) is 10.6. The monoisotopic (exact) mass is 560 g/mol. The van der Waals surface area contributed by atoms with E-state index in [1.54, 1.807) is 0 Å². The van der Waals surface area contributed by atoms with Gasteiger partial charge < -0.3 is 29.4 Å². The van der Waals surface area contributed by atoms with Crippen LogP contribution in [0.4, 0.5) is 23.3 Å². The van der Waals surface area contributed by atoms with E-state index in [1.807, 2.05) is 72.8 Å². The zero-order chi connectivity index (χ0) is 28.1. The quantitative estimate of drug-likeness (QED) is 0.196. The van der Waals surface area contributed by atoms with Gasteiger partial charge in [0, 0.05) is 43.1 Å². The Morgan fingerprint density at radius 3 is 1.09 bits per heavy atom. The van der Waals surface area contributed by atoms with Gasteiger partial charge in [-0.2, -0.15) is 0 Å². The van der Waals surface area contributed by atoms with Crippen LogP contribution < -0.4 is 31.4 Å². The number of aromatic nitrogens is 4. The van der Waals surface area contributed by atoms with Crippen molar-refractivity contribution in [2.24, 2.45) is 20.0 Å². The first-order valence-corrected chi connectivity index (χ1v) is 13.9. The van der Waals surface area contributed by atoms with E-state index in [0.29, 0.717) is 56.7 Å². The summed E-state index contributed by atoms with van der Waals surface area (Å²) in [5.74, 6) is 4.11. The van der Waals surface area contributed by atoms with Crippen LogP contribution in [0, 0.1) is 0 Å². The fourth-order valence-electron chi connectivity index (χ4n) is 6.16. The standard InChI is InChI=1S/C33H20N8O2/c1-2-8-17-16(7-1)26-34-27(17)36-29-19-10-4-6-12-21(19)31(38-29)40-33-23-14-25-24(42-15-43-25)13-22(23)32(41-33)39-30-20-11-5-3-9-18(20)28(35-26)37-30/h1-14H,15H2,(H4,34,35,36,37,38,39,40,41). The maximum absolute atomic E-state index is 5.72. The lowest BCUT2D eigenvalue weighted by molar-refractivity contribution is 0.174. The van der Waals surface area contributed by atoms with Crippen molar-refractivity contribution in [3.05, 3.63) is 107 Å². The molecule has 10 heteroatoms. The summed E-state index contributed by atoms with van der Waals surface area (Å²) in [6.07, 6.45) is 0. The fraction of sp³-hybridized carbons (Fsp3) is 0.0303. The predicted molar refractivity (Wildman–Crippen MR) is 163 cm³/mol. The van der Waals surface area contributed by atoms with E-state index in [1.165, 1.54) is 0 Å². The van der Waals surface area contributed by atoms with Crippen molar-refractivity contribution in [3.63, 3.8) is 0 Å². The molecule has 43 heavy (non-hydrogen) atoms. The van der Waals surface area contributed by atoms with E-state index in [-0.39, 0.29) is 6.79 Å². The third-order valence-electron chi connectivity index (χ3n) is 8.18. The molecule has 0 amide bonds. The maximum atomic E-state index is 5.72. The van der Waals surface area contributed by atoms with Gasteiger partial charge in [-0.3, -0.25) is 0 Å². The Morgan fingerprint density at radius 2 is 0.721 bits per heavy atom. The van der Waals surface area contributed by atoms with Gasteiger partial charge in [0.2, 0.25) is 6.79 Å². The van der Waals surface area contributed by atoms with Crippen molar-refractivity contribution in [1.82, 2.24) is 19.9 Å². The molecular formula is C33H20N8O2. The number of hydrogen-bond acceptors (Lipinski definition) is 6. The molecule has 8 bridgehead atoms. The molecule has 0 unspecified atom stereocenters. The van der Waals surface area contributed by atoms with Crippen LogP contribution in [-0.4, -0.2) is 26.7 Å². The minimum Gasteiger partial charge on any atom is -0.454 e. The summed E-state index contributed by atoms with van der Waals surface area (Å²) in [6.45, 7) is 0.178. The van der Waals surface area contributed by atoms with Gasteiger partial charge in [-0.15, -0.1) is 0 Å². The highest BCUT2D eigenvalue weighted by molar-refractivity contribution is 6.01. The summed E-state index contributed by atoms with van der Waals surface area (Å²) >= 11 is 0. The molecule has 0 saturated heterocycles. The van der Waals surface area contributed by atoms with Crippen molar-refractivity contribution in [2.75, 3.05) is 6.79 Å². The van der Waals surface area contributed by atoms with Crippen molar-refractivity contribution in [3.8, 4) is 11.5 Å². The van der Waals surface area contributed by atoms with Gasteiger partial charge in [-0.05, 0) is 12.1 Å². The third-order valence-corrected chi connectivity index (χ3v) is 8.18. The first-order valence-electron chi connectivity index (χ1n) is 13.9. The maximum Gasteiger partial charge on any atom is 0.231 e. The zero-order valence-electron chi connectivity index (χ0n) is 22.4. The topological polar surface area (TPSA) is 131 Å². The van der Waals surface area contributed by atoms with E-state index in [2.05, 4.69) is 32.1 Å². The lowest BCUT2D eigenvalue weighted by Gasteiger charge is -1.96. The number of hydrogen-bond donors (Lipinski definition) is 4. The van der Waals surface area contributed by atoms with Gasteiger partial charge in [-0.1, -0.05) is 72.8 Å². The number of H-pyrrole nitrogens is 4. The smallest absolute Gasteiger partial charge is 0.231 e. The summed E-state index contributed by atoms with van der Waals surface area (Å²) in [5.41, 5.74) is 2.71. The number of nitrogens with zero attached hydrogens (tertiary/aromatic N) is 4. The van der Waals surface area contributed by atoms with Crippen LogP contribution in [0.2, 0.25) is 0 Å². The Kier molecular flexibility index (Phi) is 4.29. The molecule has 4 aromatic carbocycles. The number of nitrogens with one attached hydrogen (secondary N) is 4. The van der Waals surface area contributed by atoms with Crippen LogP contribution in [0.3, 0.4) is 0 Å². The molecule has 204 valence electrons. The molecule has 2 aliphatic heterocycles. The number of fused-ring (bicyclic) bond motifs is 21. The van der Waals surface area contributed by atoms with Crippen molar-refractivity contribution in [2.45, 2.75) is 0 Å². The van der Waals surface area contributed by atoms with Crippen molar-refractivity contribution < 1.29 is 9.47 Å². The van der Waals surface area contributed by atoms with Gasteiger partial charge >= 0.3 is 0 Å². The van der Waals surface area contributed by atoms with Crippen LogP contribution in [0.1, 0.15) is 0 Å². The van der Waals surface area contributed by atoms with Crippen LogP contribution in [0.5, 0.6) is 11.5 Å². The average Bonchev–Trinajstić information content (AvgIpc) is 3.85. The largest absolute Gasteiger partial charge is 0.454 e. The minimum atomic E-state index is 0.178. The van der Waals surface area contributed by atoms with E-state index >= 15 is 0 Å². The lowest BCUT2D eigenvalue weighted by Crippen LogP contribution is -2.10. The van der Waals surface area contributed by atoms with Crippen LogP contribution in [0.25, 0.3) is 43.1 Å². The second kappa shape index (κ2) is 8.20. The summed E-state index contributed by atoms with van der Waals surface area (Å²) in [7, 11) is 0. The van der Waals surface area contributed by atoms with Gasteiger partial charge in [0.05, 0.1) is 0 Å². The van der Waals surface area contributed by atoms with Crippen LogP contribution in [0.15, 0.2) is 105 Å². The molecule has 6 heterocycles. The number of ether oxygens (including phenoxy) is 2. The molecule has 0 atom stereocenters. The minimum absolute atomic E-state index is 0.178. The van der Waals surface area contributed by atoms with Crippen molar-refractivity contribution >= 4 is 66.4 Å². The van der Waals surface area contributed by atoms with Gasteiger partial charge in [0.1, 0.15) is 45.2 Å². The van der Waals surface area contributed by atoms with Gasteiger partial charge in [0.15, 0.2) is 11.5 Å². The molecule has 0 radical (unpaired) electrons. The highest BCUT2D eigenvalue weighted by atomic mass is 16.7. The van der Waals surface area contributed by atoms with Crippen LogP contribution >= 0.6 is 0 Å². The van der Waals surface area contributed by atoms with Gasteiger partial charge in [-0.25, -0.2) is 20.0 Å². The number of rotatable bonds is 0. The molecular weight excluding hydrogens is 540 g/mol. The number of aromatic amines is 4. The van der Waals surface area contributed by atoms with E-state index in [9.17, 15) is 0 Å². The molecule has 10 rings (SSSR count). The SMILES string of the molecule is c1ccc2c3[nH]c(c2c1)N=c1[nH]c(c2ccccc12)=Nc1[nH]c(c2ccccc12)N=c1[nH]c(c2cc4c(cc12)OCO4)=N3. The highest BCUT2D eigenvalue weighted by Gasteiger charge is 2.19. The molecule has 2 aliphatic rings. The molecule has 8 aromatic rings. The summed E-state index contributed by atoms with van der Waals surface area (Å²) < 4.78 is 11.4. The summed E-state index contributed by atoms with van der Waals surface area (Å²) in [6, 6.07) is 28.2. The number of benzene rings is 4. The Labute approximate surface area is 240 Å². The molecule has 10 nitrogen and oxygen atoms in total. The summed E-state index contributed by atoms with van der Waals surface area (Å²) in [5, 5.41) is 7.50. The van der Waals surface area contributed by atoms with E-state index < -0.39 is 0 Å². The normalized spacial score (nSPS) is 13.7.